The molecule has 1 rings (SSSR count). The highest BCUT2D eigenvalue weighted by atomic mass is 31.2. The van der Waals surface area contributed by atoms with Gasteiger partial charge >= 0.3 is 7.82 Å². The number of aliphatic hydroxyl groups is 3. The number of hydrogen-bond donors (Lipinski definition) is 5. The Morgan fingerprint density at radius 2 is 1.81 bits per heavy atom. The number of phosphoric acid groups is 1. The average Bonchev–Trinajstić information content (AvgIpc) is 2.17. The van der Waals surface area contributed by atoms with Crippen LogP contribution in [0.15, 0.2) is 0 Å². The predicted octanol–water partition coefficient (Wildman–Crippen LogP) is -2.90. The Bertz CT molecular complexity index is 311. The summed E-state index contributed by atoms with van der Waals surface area (Å²) in [6.45, 7) is -0.791. The normalized spacial score (nSPS) is 36.4. The van der Waals surface area contributed by atoms with Crippen molar-refractivity contribution in [2.75, 3.05) is 6.61 Å². The number of ether oxygens (including phenoxy) is 1. The highest BCUT2D eigenvalue weighted by molar-refractivity contribution is 7.46. The Kier molecular flexibility index (Phi) is 4.16. The van der Waals surface area contributed by atoms with Crippen LogP contribution >= 0.6 is 7.82 Å². The molecule has 16 heavy (non-hydrogen) atoms. The maximum Gasteiger partial charge on any atom is 0.469 e. The van der Waals surface area contributed by atoms with Gasteiger partial charge in [0.15, 0.2) is 18.2 Å². The Hall–Kier alpha value is -0.380. The van der Waals surface area contributed by atoms with Crippen LogP contribution in [0.1, 0.15) is 0 Å². The number of aliphatic hydroxyl groups excluding tert-OH is 3. The average molecular weight is 258 g/mol. The van der Waals surface area contributed by atoms with Crippen molar-refractivity contribution in [3.05, 3.63) is 0 Å². The number of rotatable bonds is 3. The summed E-state index contributed by atoms with van der Waals surface area (Å²) in [5.74, 6) is -1.10. The third-order valence-electron chi connectivity index (χ3n) is 1.93. The first-order valence-electron chi connectivity index (χ1n) is 4.16. The third-order valence-corrected chi connectivity index (χ3v) is 2.41. The van der Waals surface area contributed by atoms with Gasteiger partial charge in [0, 0.05) is 0 Å². The van der Waals surface area contributed by atoms with Crippen LogP contribution in [0.25, 0.3) is 0 Å². The molecule has 10 heteroatoms. The lowest BCUT2D eigenvalue weighted by molar-refractivity contribution is -0.237. The van der Waals surface area contributed by atoms with E-state index in [1.807, 2.05) is 0 Å². The van der Waals surface area contributed by atoms with Crippen molar-refractivity contribution in [3.63, 3.8) is 0 Å². The molecular weight excluding hydrogens is 247 g/mol. The maximum atomic E-state index is 11.1. The van der Waals surface area contributed by atoms with E-state index in [1.165, 1.54) is 0 Å². The van der Waals surface area contributed by atoms with Crippen LogP contribution in [0.4, 0.5) is 0 Å². The lowest BCUT2D eigenvalue weighted by Gasteiger charge is -2.32. The summed E-state index contributed by atoms with van der Waals surface area (Å²) in [6.07, 6.45) is -7.01. The number of Topliss-reactive ketones (excluding diaryl/α,β-unsaturated/α-hetero) is 1. The molecule has 1 fully saturated rings. The molecule has 4 atom stereocenters. The van der Waals surface area contributed by atoms with Gasteiger partial charge in [-0.2, -0.15) is 0 Å². The lowest BCUT2D eigenvalue weighted by atomic mass is 10.0. The molecule has 1 aliphatic heterocycles. The van der Waals surface area contributed by atoms with Gasteiger partial charge in [0.1, 0.15) is 12.2 Å². The van der Waals surface area contributed by atoms with Crippen LogP contribution in [0.2, 0.25) is 0 Å². The second-order valence-electron chi connectivity index (χ2n) is 3.14. The first-order chi connectivity index (χ1) is 7.22. The second kappa shape index (κ2) is 4.86. The first kappa shape index (κ1) is 13.7. The zero-order valence-electron chi connectivity index (χ0n) is 7.83. The summed E-state index contributed by atoms with van der Waals surface area (Å²) in [4.78, 5) is 27.8. The fourth-order valence-electron chi connectivity index (χ4n) is 1.13. The van der Waals surface area contributed by atoms with Gasteiger partial charge in [-0.05, 0) is 0 Å². The monoisotopic (exact) mass is 258 g/mol. The number of phosphoric ester groups is 1. The van der Waals surface area contributed by atoms with Gasteiger partial charge in [0.05, 0.1) is 6.61 Å². The third kappa shape index (κ3) is 3.30. The Morgan fingerprint density at radius 1 is 1.25 bits per heavy atom. The number of carbonyl (C=O) groups is 1. The van der Waals surface area contributed by atoms with Gasteiger partial charge in [-0.25, -0.2) is 4.57 Å². The number of hydrogen-bond acceptors (Lipinski definition) is 7. The summed E-state index contributed by atoms with van der Waals surface area (Å²) < 4.78 is 18.9. The van der Waals surface area contributed by atoms with Gasteiger partial charge in [-0.15, -0.1) is 0 Å². The van der Waals surface area contributed by atoms with Crippen molar-refractivity contribution in [1.29, 1.82) is 0 Å². The minimum atomic E-state index is -4.76. The molecule has 0 aromatic carbocycles. The van der Waals surface area contributed by atoms with E-state index < -0.39 is 44.8 Å². The molecule has 0 aromatic rings. The molecule has 0 bridgehead atoms. The Labute approximate surface area is 89.5 Å². The van der Waals surface area contributed by atoms with Crippen LogP contribution in [-0.2, 0) is 18.6 Å². The standard InChI is InChI=1S/C6H11O9P/c7-3-2(1-14-16(11,12)13)15-6(10)5(9)4(3)8/h2-3,5-7,9-10H,1H2,(H2,11,12,13)/t2-,3-,5-,6?/m1/s1. The number of ketones is 1. The van der Waals surface area contributed by atoms with Crippen molar-refractivity contribution < 1.29 is 43.7 Å². The molecule has 0 saturated carbocycles. The van der Waals surface area contributed by atoms with Gasteiger partial charge in [-0.3, -0.25) is 9.32 Å². The fraction of sp³-hybridized carbons (Fsp3) is 0.833. The summed E-state index contributed by atoms with van der Waals surface area (Å²) in [5, 5.41) is 27.2. The molecule has 5 N–H and O–H groups in total. The fourth-order valence-corrected chi connectivity index (χ4v) is 1.47. The summed E-state index contributed by atoms with van der Waals surface area (Å²) in [5.41, 5.74) is 0. The molecule has 94 valence electrons. The van der Waals surface area contributed by atoms with Crippen LogP contribution < -0.4 is 0 Å². The van der Waals surface area contributed by atoms with Gasteiger partial charge in [-0.1, -0.05) is 0 Å². The van der Waals surface area contributed by atoms with E-state index >= 15 is 0 Å². The van der Waals surface area contributed by atoms with Gasteiger partial charge in [0.2, 0.25) is 0 Å². The maximum absolute atomic E-state index is 11.1. The lowest BCUT2D eigenvalue weighted by Crippen LogP contribution is -2.56. The van der Waals surface area contributed by atoms with E-state index in [-0.39, 0.29) is 0 Å². The van der Waals surface area contributed by atoms with Gasteiger partial charge in [0.25, 0.3) is 0 Å². The van der Waals surface area contributed by atoms with Gasteiger partial charge < -0.3 is 29.8 Å². The van der Waals surface area contributed by atoms with Crippen LogP contribution in [0.5, 0.6) is 0 Å². The molecule has 0 radical (unpaired) electrons. The van der Waals surface area contributed by atoms with Crippen LogP contribution in [0, 0.1) is 0 Å². The molecule has 0 aliphatic carbocycles. The topological polar surface area (TPSA) is 154 Å². The van der Waals surface area contributed by atoms with Crippen molar-refractivity contribution in [2.45, 2.75) is 24.6 Å². The van der Waals surface area contributed by atoms with E-state index in [0.29, 0.717) is 0 Å². The molecule has 1 aliphatic rings. The molecule has 9 nitrogen and oxygen atoms in total. The summed E-state index contributed by atoms with van der Waals surface area (Å²) in [6, 6.07) is 0. The number of carbonyl (C=O) groups excluding carboxylic acids is 1. The molecule has 0 spiro atoms. The van der Waals surface area contributed by atoms with E-state index in [1.54, 1.807) is 0 Å². The minimum Gasteiger partial charge on any atom is -0.382 e. The highest BCUT2D eigenvalue weighted by Crippen LogP contribution is 2.36. The zero-order chi connectivity index (χ0) is 12.5. The van der Waals surface area contributed by atoms with E-state index in [2.05, 4.69) is 9.26 Å². The zero-order valence-corrected chi connectivity index (χ0v) is 8.73. The molecule has 0 aromatic heterocycles. The highest BCUT2D eigenvalue weighted by Gasteiger charge is 2.43. The smallest absolute Gasteiger partial charge is 0.382 e. The van der Waals surface area contributed by atoms with E-state index in [9.17, 15) is 14.5 Å². The van der Waals surface area contributed by atoms with E-state index in [0.717, 1.165) is 0 Å². The van der Waals surface area contributed by atoms with Crippen molar-refractivity contribution in [2.24, 2.45) is 0 Å². The quantitative estimate of drug-likeness (QED) is 0.335. The summed E-state index contributed by atoms with van der Waals surface area (Å²) in [7, 11) is -4.76. The first-order valence-corrected chi connectivity index (χ1v) is 5.69. The van der Waals surface area contributed by atoms with Crippen molar-refractivity contribution >= 4 is 13.6 Å². The molecule has 0 amide bonds. The molecule has 1 heterocycles. The van der Waals surface area contributed by atoms with E-state index in [4.69, 9.17) is 20.0 Å². The van der Waals surface area contributed by atoms with Crippen LogP contribution in [-0.4, -0.2) is 62.1 Å². The predicted molar refractivity (Wildman–Crippen MR) is 45.9 cm³/mol. The Morgan fingerprint density at radius 3 is 2.31 bits per heavy atom. The Balaban J connectivity index is 2.61. The minimum absolute atomic E-state index is 0.791. The molecule has 1 unspecified atom stereocenters. The second-order valence-corrected chi connectivity index (χ2v) is 4.38. The molecule has 1 saturated heterocycles. The van der Waals surface area contributed by atoms with Crippen molar-refractivity contribution in [3.8, 4) is 0 Å². The molecular formula is C6H11O9P. The SMILES string of the molecule is O=C1[C@@H](O)C(O)O[C@H](COP(=O)(O)O)[C@H]1O. The summed E-state index contributed by atoms with van der Waals surface area (Å²) >= 11 is 0. The largest absolute Gasteiger partial charge is 0.469 e. The van der Waals surface area contributed by atoms with Crippen LogP contribution in [0.3, 0.4) is 0 Å². The van der Waals surface area contributed by atoms with Crippen molar-refractivity contribution in [1.82, 2.24) is 0 Å².